The van der Waals surface area contributed by atoms with Crippen molar-refractivity contribution in [3.05, 3.63) is 22.0 Å². The number of hydrogen-bond acceptors (Lipinski definition) is 2. The topological polar surface area (TPSA) is 34.1 Å². The lowest BCUT2D eigenvalue weighted by molar-refractivity contribution is 0.571. The van der Waals surface area contributed by atoms with E-state index >= 15 is 0 Å². The van der Waals surface area contributed by atoms with Crippen molar-refractivity contribution >= 4 is 9.84 Å². The van der Waals surface area contributed by atoms with Crippen LogP contribution in [0.15, 0.2) is 22.0 Å². The van der Waals surface area contributed by atoms with Crippen LogP contribution in [0.1, 0.15) is 129 Å². The van der Waals surface area contributed by atoms with E-state index in [9.17, 15) is 8.42 Å². The first-order valence-corrected chi connectivity index (χ1v) is 13.3. The molecular weight excluding hydrogens is 352 g/mol. The molecule has 0 atom stereocenters. The van der Waals surface area contributed by atoms with Crippen LogP contribution in [0, 0.1) is 0 Å². The molecule has 2 nitrogen and oxygen atoms in total. The summed E-state index contributed by atoms with van der Waals surface area (Å²) in [6.07, 6.45) is 25.3. The first-order chi connectivity index (χ1) is 13.1. The minimum absolute atomic E-state index is 0.669. The van der Waals surface area contributed by atoms with Crippen molar-refractivity contribution in [3.63, 3.8) is 0 Å². The van der Waals surface area contributed by atoms with Gasteiger partial charge in [0.05, 0.1) is 0 Å². The summed E-state index contributed by atoms with van der Waals surface area (Å²) in [7, 11) is -3.12. The monoisotopic (exact) mass is 396 g/mol. The maximum absolute atomic E-state index is 12.6. The van der Waals surface area contributed by atoms with Crippen LogP contribution < -0.4 is 0 Å². The van der Waals surface area contributed by atoms with Crippen LogP contribution in [0.3, 0.4) is 0 Å². The van der Waals surface area contributed by atoms with Crippen LogP contribution in [0.5, 0.6) is 0 Å². The zero-order valence-electron chi connectivity index (χ0n) is 18.1. The third-order valence-electron chi connectivity index (χ3n) is 5.70. The number of allylic oxidation sites excluding steroid dienone is 4. The van der Waals surface area contributed by atoms with Crippen molar-refractivity contribution in [2.75, 3.05) is 0 Å². The molecule has 3 heteroatoms. The molecule has 27 heavy (non-hydrogen) atoms. The quantitative estimate of drug-likeness (QED) is 0.219. The van der Waals surface area contributed by atoms with E-state index in [-0.39, 0.29) is 0 Å². The fourth-order valence-corrected chi connectivity index (χ4v) is 5.49. The molecule has 0 N–H and O–H groups in total. The summed E-state index contributed by atoms with van der Waals surface area (Å²) in [6.45, 7) is 4.49. The highest BCUT2D eigenvalue weighted by Gasteiger charge is 2.26. The van der Waals surface area contributed by atoms with Gasteiger partial charge in [0.2, 0.25) is 0 Å². The summed E-state index contributed by atoms with van der Waals surface area (Å²) in [5.74, 6) is 0. The molecule has 0 aromatic rings. The summed E-state index contributed by atoms with van der Waals surface area (Å²) in [5.41, 5.74) is 0. The summed E-state index contributed by atoms with van der Waals surface area (Å²) in [5, 5.41) is 0. The van der Waals surface area contributed by atoms with Crippen molar-refractivity contribution < 1.29 is 8.42 Å². The van der Waals surface area contributed by atoms with Gasteiger partial charge in [-0.05, 0) is 37.8 Å². The highest BCUT2D eigenvalue weighted by Crippen LogP contribution is 2.31. The van der Waals surface area contributed by atoms with Crippen molar-refractivity contribution in [1.29, 1.82) is 0 Å². The number of hydrogen-bond donors (Lipinski definition) is 0. The van der Waals surface area contributed by atoms with Gasteiger partial charge in [-0.15, -0.1) is 0 Å². The molecule has 0 aromatic heterocycles. The fraction of sp³-hybridized carbons (Fsp3) is 0.833. The second-order valence-electron chi connectivity index (χ2n) is 8.22. The maximum atomic E-state index is 12.6. The van der Waals surface area contributed by atoms with Crippen molar-refractivity contribution in [3.8, 4) is 0 Å². The van der Waals surface area contributed by atoms with E-state index in [1.54, 1.807) is 0 Å². The molecule has 0 spiro atoms. The van der Waals surface area contributed by atoms with E-state index in [2.05, 4.69) is 13.8 Å². The van der Waals surface area contributed by atoms with Gasteiger partial charge >= 0.3 is 0 Å². The van der Waals surface area contributed by atoms with Crippen LogP contribution in [0.2, 0.25) is 0 Å². The normalized spacial score (nSPS) is 15.8. The first-order valence-electron chi connectivity index (χ1n) is 11.8. The van der Waals surface area contributed by atoms with Gasteiger partial charge in [0.15, 0.2) is 9.84 Å². The van der Waals surface area contributed by atoms with Crippen LogP contribution in [0.4, 0.5) is 0 Å². The second-order valence-corrected chi connectivity index (χ2v) is 10.3. The van der Waals surface area contributed by atoms with E-state index in [4.69, 9.17) is 0 Å². The van der Waals surface area contributed by atoms with Gasteiger partial charge in [-0.1, -0.05) is 104 Å². The Kier molecular flexibility index (Phi) is 13.9. The highest BCUT2D eigenvalue weighted by atomic mass is 32.2. The zero-order valence-corrected chi connectivity index (χ0v) is 18.9. The smallest absolute Gasteiger partial charge is 0.198 e. The molecule has 0 fully saturated rings. The second kappa shape index (κ2) is 15.4. The largest absolute Gasteiger partial charge is 0.219 e. The summed E-state index contributed by atoms with van der Waals surface area (Å²) < 4.78 is 25.3. The van der Waals surface area contributed by atoms with E-state index < -0.39 is 9.84 Å². The minimum Gasteiger partial charge on any atom is -0.219 e. The Labute approximate surface area is 169 Å². The molecule has 0 aromatic carbocycles. The lowest BCUT2D eigenvalue weighted by atomic mass is 10.1. The van der Waals surface area contributed by atoms with Gasteiger partial charge in [-0.2, -0.15) is 0 Å². The maximum Gasteiger partial charge on any atom is 0.198 e. The minimum atomic E-state index is -3.12. The van der Waals surface area contributed by atoms with Gasteiger partial charge in [-0.3, -0.25) is 0 Å². The van der Waals surface area contributed by atoms with Gasteiger partial charge in [-0.25, -0.2) is 8.42 Å². The molecule has 1 aliphatic rings. The van der Waals surface area contributed by atoms with Crippen LogP contribution in [0.25, 0.3) is 0 Å². The number of sulfone groups is 1. The average Bonchev–Trinajstić information content (AvgIpc) is 2.93. The predicted octanol–water partition coefficient (Wildman–Crippen LogP) is 8.24. The van der Waals surface area contributed by atoms with Crippen LogP contribution >= 0.6 is 0 Å². The summed E-state index contributed by atoms with van der Waals surface area (Å²) in [6, 6.07) is 0. The number of unbranched alkanes of at least 4 members (excludes halogenated alkanes) is 14. The molecule has 158 valence electrons. The SMILES string of the molecule is CCCCCCCCCCC1=CC=C(CCCCCCCCCC)S1(=O)=O. The Hall–Kier alpha value is -0.570. The molecule has 1 rings (SSSR count). The Bertz CT molecular complexity index is 487. The van der Waals surface area contributed by atoms with Gasteiger partial charge in [0.25, 0.3) is 0 Å². The first kappa shape index (κ1) is 24.5. The average molecular weight is 397 g/mol. The molecule has 1 heterocycles. The Balaban J connectivity index is 2.09. The third kappa shape index (κ3) is 10.5. The molecule has 0 unspecified atom stereocenters. The molecular formula is C24H44O2S. The van der Waals surface area contributed by atoms with Gasteiger partial charge < -0.3 is 0 Å². The Morgan fingerprint density at radius 1 is 0.519 bits per heavy atom. The van der Waals surface area contributed by atoms with Crippen LogP contribution in [-0.4, -0.2) is 8.42 Å². The molecule has 0 radical (unpaired) electrons. The number of rotatable bonds is 18. The van der Waals surface area contributed by atoms with Crippen molar-refractivity contribution in [1.82, 2.24) is 0 Å². The summed E-state index contributed by atoms with van der Waals surface area (Å²) >= 11 is 0. The van der Waals surface area contributed by atoms with E-state index in [1.807, 2.05) is 12.2 Å². The van der Waals surface area contributed by atoms with Crippen LogP contribution in [-0.2, 0) is 9.84 Å². The van der Waals surface area contributed by atoms with Gasteiger partial charge in [0, 0.05) is 9.81 Å². The molecule has 0 saturated heterocycles. The lowest BCUT2D eigenvalue weighted by Gasteiger charge is -2.08. The third-order valence-corrected chi connectivity index (χ3v) is 7.76. The molecule has 0 saturated carbocycles. The van der Waals surface area contributed by atoms with E-state index in [0.29, 0.717) is 9.81 Å². The molecule has 0 amide bonds. The molecule has 0 aliphatic carbocycles. The highest BCUT2D eigenvalue weighted by molar-refractivity contribution is 7.99. The van der Waals surface area contributed by atoms with Crippen molar-refractivity contribution in [2.24, 2.45) is 0 Å². The molecule has 1 aliphatic heterocycles. The van der Waals surface area contributed by atoms with E-state index in [0.717, 1.165) is 38.5 Å². The predicted molar refractivity (Wildman–Crippen MR) is 120 cm³/mol. The molecule has 0 bridgehead atoms. The Morgan fingerprint density at radius 3 is 1.15 bits per heavy atom. The van der Waals surface area contributed by atoms with E-state index in [1.165, 1.54) is 77.0 Å². The lowest BCUT2D eigenvalue weighted by Crippen LogP contribution is -2.04. The Morgan fingerprint density at radius 2 is 0.815 bits per heavy atom. The standard InChI is InChI=1S/C24H44O2S/c1-3-5-7-9-11-13-15-17-19-23-21-22-24(27(23,25)26)20-18-16-14-12-10-8-6-4-2/h21-22H,3-20H2,1-2H3. The van der Waals surface area contributed by atoms with Gasteiger partial charge in [0.1, 0.15) is 0 Å². The summed E-state index contributed by atoms with van der Waals surface area (Å²) in [4.78, 5) is 1.34. The van der Waals surface area contributed by atoms with Crippen molar-refractivity contribution in [2.45, 2.75) is 129 Å². The fourth-order valence-electron chi connectivity index (χ4n) is 3.84. The zero-order chi connectivity index (χ0) is 19.8.